The average molecular weight is 588 g/mol. The van der Waals surface area contributed by atoms with Crippen molar-refractivity contribution in [3.05, 3.63) is 70.9 Å². The summed E-state index contributed by atoms with van der Waals surface area (Å²) in [7, 11) is 0. The Morgan fingerprint density at radius 3 is 2.67 bits per heavy atom. The summed E-state index contributed by atoms with van der Waals surface area (Å²) in [6.07, 6.45) is 1.40. The van der Waals surface area contributed by atoms with Gasteiger partial charge in [-0.25, -0.2) is 0 Å². The van der Waals surface area contributed by atoms with Crippen molar-refractivity contribution in [1.29, 1.82) is 0 Å². The molecule has 3 amide bonds. The summed E-state index contributed by atoms with van der Waals surface area (Å²) < 4.78 is 1.13. The molecule has 2 aromatic heterocycles. The molecule has 0 unspecified atom stereocenters. The van der Waals surface area contributed by atoms with Crippen LogP contribution in [0.25, 0.3) is 10.1 Å². The molecule has 0 aliphatic carbocycles. The Morgan fingerprint density at radius 1 is 1.10 bits per heavy atom. The molecule has 0 fully saturated rings. The second-order valence-corrected chi connectivity index (χ2v) is 11.5. The van der Waals surface area contributed by atoms with Gasteiger partial charge in [0.05, 0.1) is 13.1 Å². The molecule has 0 saturated heterocycles. The Labute approximate surface area is 247 Å². The first-order valence-corrected chi connectivity index (χ1v) is 14.9. The van der Waals surface area contributed by atoms with E-state index in [0.717, 1.165) is 21.2 Å². The molecule has 0 saturated carbocycles. The molecule has 3 N–H and O–H groups in total. The van der Waals surface area contributed by atoms with Crippen molar-refractivity contribution in [3.63, 3.8) is 0 Å². The predicted octanol–water partition coefficient (Wildman–Crippen LogP) is 2.97. The van der Waals surface area contributed by atoms with Gasteiger partial charge in [0.25, 0.3) is 0 Å². The topological polar surface area (TPSA) is 150 Å². The molecular weight excluding hydrogens is 554 g/mol. The second kappa shape index (κ2) is 13.0. The molecule has 5 rings (SSSR count). The lowest BCUT2D eigenvalue weighted by atomic mass is 9.85. The minimum absolute atomic E-state index is 0.0165. The van der Waals surface area contributed by atoms with Gasteiger partial charge in [-0.1, -0.05) is 61.9 Å². The van der Waals surface area contributed by atoms with Crippen LogP contribution >= 0.6 is 11.3 Å². The zero-order chi connectivity index (χ0) is 29.6. The van der Waals surface area contributed by atoms with Gasteiger partial charge in [-0.3, -0.25) is 24.1 Å². The maximum Gasteiger partial charge on any atom is 0.247 e. The summed E-state index contributed by atoms with van der Waals surface area (Å²) in [5, 5.41) is 22.1. The summed E-state index contributed by atoms with van der Waals surface area (Å²) in [6, 6.07) is 14.5. The van der Waals surface area contributed by atoms with Crippen molar-refractivity contribution in [2.24, 2.45) is 11.8 Å². The number of tetrazole rings is 1. The molecule has 12 heteroatoms. The summed E-state index contributed by atoms with van der Waals surface area (Å²) in [5.74, 6) is -1.43. The van der Waals surface area contributed by atoms with E-state index < -0.39 is 17.9 Å². The first-order valence-electron chi connectivity index (χ1n) is 14.0. The van der Waals surface area contributed by atoms with Gasteiger partial charge in [-0.15, -0.1) is 21.5 Å². The maximum atomic E-state index is 13.5. The van der Waals surface area contributed by atoms with Crippen LogP contribution in [0.3, 0.4) is 0 Å². The van der Waals surface area contributed by atoms with Crippen LogP contribution < -0.4 is 15.5 Å². The summed E-state index contributed by atoms with van der Waals surface area (Å²) in [5.41, 5.74) is 2.46. The normalized spacial score (nSPS) is 15.7. The van der Waals surface area contributed by atoms with Gasteiger partial charge in [-0.05, 0) is 39.9 Å². The number of hydrogen-bond donors (Lipinski definition) is 3. The molecule has 1 aliphatic rings. The number of nitrogens with zero attached hydrogens (tertiary/aromatic N) is 4. The SMILES string of the molecule is CC[C@H](C)[C@H](CC(=O)Cc1csc2ccccc12)C(=O)NCC(=O)N1c2ccccc2C[C@H]1C(=O)NCc1nn[nH]n1. The number of amides is 3. The Bertz CT molecular complexity index is 1590. The van der Waals surface area contributed by atoms with Crippen LogP contribution in [0, 0.1) is 11.8 Å². The molecular formula is C30H33N7O4S. The third kappa shape index (κ3) is 6.38. The number of benzene rings is 2. The van der Waals surface area contributed by atoms with E-state index in [1.54, 1.807) is 23.5 Å². The summed E-state index contributed by atoms with van der Waals surface area (Å²) >= 11 is 1.60. The molecule has 3 atom stereocenters. The van der Waals surface area contributed by atoms with Crippen molar-refractivity contribution < 1.29 is 19.2 Å². The monoisotopic (exact) mass is 587 g/mol. The molecule has 3 heterocycles. The van der Waals surface area contributed by atoms with E-state index >= 15 is 0 Å². The highest BCUT2D eigenvalue weighted by Crippen LogP contribution is 2.32. The van der Waals surface area contributed by atoms with Crippen molar-refractivity contribution >= 4 is 50.6 Å². The minimum Gasteiger partial charge on any atom is -0.347 e. The third-order valence-electron chi connectivity index (χ3n) is 7.84. The van der Waals surface area contributed by atoms with Crippen LogP contribution in [0.15, 0.2) is 53.9 Å². The predicted molar refractivity (Wildman–Crippen MR) is 159 cm³/mol. The number of ketones is 1. The standard InChI is InChI=1S/C30H33N7O4S/c1-3-18(2)23(14-21(38)12-20-17-42-26-11-7-5-9-22(20)26)29(40)32-16-28(39)37-24-10-6-4-8-19(24)13-25(37)30(41)31-15-27-33-35-36-34-27/h4-11,17-18,23,25H,3,12-16H2,1-2H3,(H,31,41)(H,32,40)(H,33,34,35,36)/t18-,23-,25-/m0/s1. The zero-order valence-corrected chi connectivity index (χ0v) is 24.3. The van der Waals surface area contributed by atoms with Gasteiger partial charge in [0.1, 0.15) is 11.8 Å². The smallest absolute Gasteiger partial charge is 0.247 e. The number of carbonyl (C=O) groups is 4. The van der Waals surface area contributed by atoms with Gasteiger partial charge >= 0.3 is 0 Å². The Kier molecular flexibility index (Phi) is 9.01. The first kappa shape index (κ1) is 29.1. The molecule has 218 valence electrons. The lowest BCUT2D eigenvalue weighted by Gasteiger charge is -2.26. The van der Waals surface area contributed by atoms with Crippen LogP contribution in [0.5, 0.6) is 0 Å². The van der Waals surface area contributed by atoms with Gasteiger partial charge in [-0.2, -0.15) is 5.21 Å². The molecule has 0 radical (unpaired) electrons. The maximum absolute atomic E-state index is 13.5. The highest BCUT2D eigenvalue weighted by molar-refractivity contribution is 7.17. The summed E-state index contributed by atoms with van der Waals surface area (Å²) in [4.78, 5) is 54.6. The van der Waals surface area contributed by atoms with Gasteiger partial charge in [0.15, 0.2) is 5.82 Å². The second-order valence-electron chi connectivity index (χ2n) is 10.5. The number of Topliss-reactive ketones (excluding diaryl/α,β-unsaturated/α-hetero) is 1. The number of hydrogen-bond acceptors (Lipinski definition) is 8. The number of nitrogens with one attached hydrogen (secondary N) is 3. The molecule has 1 aliphatic heterocycles. The van der Waals surface area contributed by atoms with E-state index in [0.29, 0.717) is 24.4 Å². The zero-order valence-electron chi connectivity index (χ0n) is 23.5. The fraction of sp³-hybridized carbons (Fsp3) is 0.367. The van der Waals surface area contributed by atoms with Crippen molar-refractivity contribution in [2.75, 3.05) is 11.4 Å². The van der Waals surface area contributed by atoms with E-state index in [1.807, 2.05) is 55.6 Å². The Morgan fingerprint density at radius 2 is 1.88 bits per heavy atom. The van der Waals surface area contributed by atoms with Crippen molar-refractivity contribution in [3.8, 4) is 0 Å². The first-order chi connectivity index (χ1) is 20.4. The van der Waals surface area contributed by atoms with E-state index in [1.165, 1.54) is 4.90 Å². The molecule has 42 heavy (non-hydrogen) atoms. The van der Waals surface area contributed by atoms with Crippen molar-refractivity contribution in [1.82, 2.24) is 31.3 Å². The fourth-order valence-corrected chi connectivity index (χ4v) is 6.32. The van der Waals surface area contributed by atoms with E-state index in [9.17, 15) is 19.2 Å². The fourth-order valence-electron chi connectivity index (χ4n) is 5.36. The van der Waals surface area contributed by atoms with Gasteiger partial charge in [0.2, 0.25) is 17.7 Å². The van der Waals surface area contributed by atoms with E-state index in [4.69, 9.17) is 0 Å². The quantitative estimate of drug-likeness (QED) is 0.231. The number of aromatic nitrogens is 4. The van der Waals surface area contributed by atoms with Crippen LogP contribution in [0.4, 0.5) is 5.69 Å². The van der Waals surface area contributed by atoms with Crippen LogP contribution in [-0.2, 0) is 38.6 Å². The average Bonchev–Trinajstić information content (AvgIpc) is 3.76. The number of rotatable bonds is 12. The minimum atomic E-state index is -0.786. The van der Waals surface area contributed by atoms with Crippen molar-refractivity contribution in [2.45, 2.75) is 52.1 Å². The highest BCUT2D eigenvalue weighted by Gasteiger charge is 2.38. The Hall–Kier alpha value is -4.45. The summed E-state index contributed by atoms with van der Waals surface area (Å²) in [6.45, 7) is 3.69. The number of H-pyrrole nitrogens is 1. The number of anilines is 1. The molecule has 4 aromatic rings. The number of carbonyl (C=O) groups excluding carboxylic acids is 4. The number of aromatic amines is 1. The van der Waals surface area contributed by atoms with Gasteiger partial charge < -0.3 is 10.6 Å². The number of fused-ring (bicyclic) bond motifs is 2. The molecule has 0 spiro atoms. The van der Waals surface area contributed by atoms with Crippen LogP contribution in [0.1, 0.15) is 43.6 Å². The van der Waals surface area contributed by atoms with Gasteiger partial charge in [0, 0.05) is 35.6 Å². The number of para-hydroxylation sites is 1. The highest BCUT2D eigenvalue weighted by atomic mass is 32.1. The third-order valence-corrected chi connectivity index (χ3v) is 8.85. The Balaban J connectivity index is 1.23. The largest absolute Gasteiger partial charge is 0.347 e. The number of thiophene rings is 1. The lowest BCUT2D eigenvalue weighted by molar-refractivity contribution is -0.132. The molecule has 2 aromatic carbocycles. The molecule has 11 nitrogen and oxygen atoms in total. The van der Waals surface area contributed by atoms with E-state index in [2.05, 4.69) is 31.3 Å². The molecule has 0 bridgehead atoms. The van der Waals surface area contributed by atoms with Crippen LogP contribution in [-0.4, -0.2) is 56.7 Å². The van der Waals surface area contributed by atoms with Crippen LogP contribution in [0.2, 0.25) is 0 Å². The van der Waals surface area contributed by atoms with E-state index in [-0.39, 0.29) is 49.4 Å². The lowest BCUT2D eigenvalue weighted by Crippen LogP contribution is -2.51.